The molecule has 0 fully saturated rings. The third-order valence-electron chi connectivity index (χ3n) is 6.43. The van der Waals surface area contributed by atoms with Gasteiger partial charge in [0.15, 0.2) is 0 Å². The molecule has 0 saturated carbocycles. The normalized spacial score (nSPS) is 17.2. The van der Waals surface area contributed by atoms with Gasteiger partial charge >= 0.3 is 6.03 Å². The van der Waals surface area contributed by atoms with Crippen LogP contribution in [0.15, 0.2) is 58.5 Å². The molecule has 1 aliphatic carbocycles. The highest BCUT2D eigenvalue weighted by Crippen LogP contribution is 2.44. The lowest BCUT2D eigenvalue weighted by atomic mass is 9.95. The van der Waals surface area contributed by atoms with Crippen molar-refractivity contribution in [3.05, 3.63) is 90.9 Å². The molecule has 0 radical (unpaired) electrons. The average Bonchev–Trinajstić information content (AvgIpc) is 3.55. The van der Waals surface area contributed by atoms with E-state index < -0.39 is 5.82 Å². The van der Waals surface area contributed by atoms with Gasteiger partial charge in [0.2, 0.25) is 0 Å². The Bertz CT molecular complexity index is 1340. The smallest absolute Gasteiger partial charge is 0.310 e. The first kappa shape index (κ1) is 21.1. The van der Waals surface area contributed by atoms with Crippen molar-refractivity contribution in [2.24, 2.45) is 0 Å². The number of hydrogen-bond donors (Lipinski definition) is 1. The van der Waals surface area contributed by atoms with Crippen LogP contribution in [0.3, 0.4) is 0 Å². The predicted molar refractivity (Wildman–Crippen MR) is 135 cm³/mol. The summed E-state index contributed by atoms with van der Waals surface area (Å²) in [7, 11) is 0. The van der Waals surface area contributed by atoms with Gasteiger partial charge in [-0.1, -0.05) is 22.0 Å². The summed E-state index contributed by atoms with van der Waals surface area (Å²) in [4.78, 5) is 18.1. The molecular formula is C25H21BrFN3OS2. The SMILES string of the molecule is O=C(Nc1ccc(Br)cc1F)N1Cc2c(sc3c2CCCC3)-n2cccc2C1c1cccs1. The quantitative estimate of drug-likeness (QED) is 0.280. The molecule has 4 heterocycles. The van der Waals surface area contributed by atoms with Gasteiger partial charge in [0, 0.05) is 26.0 Å². The molecular weight excluding hydrogens is 521 g/mol. The van der Waals surface area contributed by atoms with Crippen LogP contribution in [0, 0.1) is 5.82 Å². The second-order valence-electron chi connectivity index (χ2n) is 8.40. The first-order valence-electron chi connectivity index (χ1n) is 11.0. The van der Waals surface area contributed by atoms with Crippen LogP contribution in [0.1, 0.15) is 45.5 Å². The van der Waals surface area contributed by atoms with Gasteiger partial charge in [0.05, 0.1) is 17.9 Å². The van der Waals surface area contributed by atoms with Gasteiger partial charge in [-0.2, -0.15) is 0 Å². The molecule has 0 saturated heterocycles. The molecule has 0 spiro atoms. The highest BCUT2D eigenvalue weighted by atomic mass is 79.9. The van der Waals surface area contributed by atoms with Crippen molar-refractivity contribution in [3.8, 4) is 5.00 Å². The number of aromatic nitrogens is 1. The summed E-state index contributed by atoms with van der Waals surface area (Å²) < 4.78 is 17.5. The van der Waals surface area contributed by atoms with Crippen molar-refractivity contribution in [1.29, 1.82) is 0 Å². The number of nitrogens with zero attached hydrogens (tertiary/aromatic N) is 2. The number of aryl methyl sites for hydroxylation is 1. The number of benzene rings is 1. The summed E-state index contributed by atoms with van der Waals surface area (Å²) in [5.74, 6) is -0.461. The number of rotatable bonds is 2. The van der Waals surface area contributed by atoms with Gasteiger partial charge in [-0.3, -0.25) is 0 Å². The number of halogens is 2. The van der Waals surface area contributed by atoms with Crippen molar-refractivity contribution >= 4 is 50.3 Å². The summed E-state index contributed by atoms with van der Waals surface area (Å²) in [5.41, 5.74) is 3.87. The molecule has 1 unspecified atom stereocenters. The number of hydrogen-bond acceptors (Lipinski definition) is 3. The van der Waals surface area contributed by atoms with Gasteiger partial charge < -0.3 is 14.8 Å². The molecule has 1 aliphatic heterocycles. The zero-order valence-electron chi connectivity index (χ0n) is 17.7. The van der Waals surface area contributed by atoms with Crippen molar-refractivity contribution in [2.45, 2.75) is 38.3 Å². The van der Waals surface area contributed by atoms with Crippen molar-refractivity contribution in [2.75, 3.05) is 5.32 Å². The molecule has 1 atom stereocenters. The maximum atomic E-state index is 14.6. The van der Waals surface area contributed by atoms with E-state index in [4.69, 9.17) is 0 Å². The molecule has 4 nitrogen and oxygen atoms in total. The molecule has 33 heavy (non-hydrogen) atoms. The molecule has 168 valence electrons. The minimum atomic E-state index is -0.461. The Labute approximate surface area is 207 Å². The van der Waals surface area contributed by atoms with E-state index >= 15 is 0 Å². The summed E-state index contributed by atoms with van der Waals surface area (Å²) in [6.07, 6.45) is 6.66. The second-order valence-corrected chi connectivity index (χ2v) is 11.4. The maximum absolute atomic E-state index is 14.6. The lowest BCUT2D eigenvalue weighted by molar-refractivity contribution is 0.195. The Hall–Kier alpha value is -2.42. The van der Waals surface area contributed by atoms with E-state index in [1.165, 1.54) is 39.9 Å². The zero-order chi connectivity index (χ0) is 22.5. The standard InChI is InChI=1S/C25H21BrFN3OS2/c26-15-9-10-19(18(27)13-15)28-25(31)30-14-17-16-5-1-2-7-21(16)33-24(17)29-11-3-6-20(29)23(30)22-8-4-12-32-22/h3-4,6,8-13,23H,1-2,5,7,14H2,(H,28,31). The van der Waals surface area contributed by atoms with E-state index in [0.29, 0.717) is 11.0 Å². The number of anilines is 1. The Morgan fingerprint density at radius 1 is 1.12 bits per heavy atom. The summed E-state index contributed by atoms with van der Waals surface area (Å²) >= 11 is 6.78. The molecule has 1 aromatic carbocycles. The molecule has 0 bridgehead atoms. The van der Waals surface area contributed by atoms with Gasteiger partial charge in [-0.05, 0) is 73.0 Å². The minimum Gasteiger partial charge on any atom is -0.310 e. The maximum Gasteiger partial charge on any atom is 0.323 e. The van der Waals surface area contributed by atoms with Gasteiger partial charge in [0.1, 0.15) is 16.9 Å². The van der Waals surface area contributed by atoms with Crippen LogP contribution in [0.4, 0.5) is 14.9 Å². The average molecular weight is 542 g/mol. The Kier molecular flexibility index (Phi) is 5.39. The molecule has 1 N–H and O–H groups in total. The number of carbonyl (C=O) groups excluding carboxylic acids is 1. The zero-order valence-corrected chi connectivity index (χ0v) is 20.9. The lowest BCUT2D eigenvalue weighted by Gasteiger charge is -2.30. The highest BCUT2D eigenvalue weighted by Gasteiger charge is 2.36. The van der Waals surface area contributed by atoms with Crippen molar-refractivity contribution in [1.82, 2.24) is 9.47 Å². The molecule has 6 rings (SSSR count). The van der Waals surface area contributed by atoms with Crippen LogP contribution in [0.2, 0.25) is 0 Å². The van der Waals surface area contributed by atoms with Crippen LogP contribution in [0.5, 0.6) is 0 Å². The number of urea groups is 1. The lowest BCUT2D eigenvalue weighted by Crippen LogP contribution is -2.38. The summed E-state index contributed by atoms with van der Waals surface area (Å²) in [6, 6.07) is 12.4. The monoisotopic (exact) mass is 541 g/mol. The number of carbonyl (C=O) groups is 1. The molecule has 3 aromatic heterocycles. The van der Waals surface area contributed by atoms with Gasteiger partial charge in [-0.15, -0.1) is 22.7 Å². The van der Waals surface area contributed by atoms with E-state index in [-0.39, 0.29) is 17.8 Å². The van der Waals surface area contributed by atoms with E-state index in [0.717, 1.165) is 23.4 Å². The first-order chi connectivity index (χ1) is 16.1. The first-order valence-corrected chi connectivity index (χ1v) is 13.5. The Morgan fingerprint density at radius 2 is 2.00 bits per heavy atom. The van der Waals surface area contributed by atoms with Crippen LogP contribution in [-0.2, 0) is 19.4 Å². The van der Waals surface area contributed by atoms with Gasteiger partial charge in [-0.25, -0.2) is 9.18 Å². The third-order valence-corrected chi connectivity index (χ3v) is 9.18. The second kappa shape index (κ2) is 8.42. The van der Waals surface area contributed by atoms with E-state index in [1.807, 2.05) is 33.7 Å². The van der Waals surface area contributed by atoms with Crippen LogP contribution in [0.25, 0.3) is 5.00 Å². The number of thiophene rings is 2. The van der Waals surface area contributed by atoms with E-state index in [9.17, 15) is 9.18 Å². The molecule has 2 aliphatic rings. The van der Waals surface area contributed by atoms with E-state index in [2.05, 4.69) is 44.1 Å². The topological polar surface area (TPSA) is 37.3 Å². The fourth-order valence-corrected chi connectivity index (χ4v) is 7.50. The summed E-state index contributed by atoms with van der Waals surface area (Å²) in [6.45, 7) is 0.495. The van der Waals surface area contributed by atoms with E-state index in [1.54, 1.807) is 23.5 Å². The van der Waals surface area contributed by atoms with Gasteiger partial charge in [0.25, 0.3) is 0 Å². The molecule has 2 amide bonds. The van der Waals surface area contributed by atoms with Crippen LogP contribution in [-0.4, -0.2) is 15.5 Å². The molecule has 8 heteroatoms. The minimum absolute atomic E-state index is 0.181. The fraction of sp³-hybridized carbons (Fsp3) is 0.240. The Morgan fingerprint density at radius 3 is 2.82 bits per heavy atom. The third kappa shape index (κ3) is 3.64. The number of nitrogens with one attached hydrogen (secondary N) is 1. The number of amides is 2. The predicted octanol–water partition coefficient (Wildman–Crippen LogP) is 7.52. The Balaban J connectivity index is 1.48. The summed E-state index contributed by atoms with van der Waals surface area (Å²) in [5, 5.41) is 6.10. The largest absolute Gasteiger partial charge is 0.323 e. The van der Waals surface area contributed by atoms with Crippen LogP contribution >= 0.6 is 38.6 Å². The fourth-order valence-electron chi connectivity index (χ4n) is 4.91. The highest BCUT2D eigenvalue weighted by molar-refractivity contribution is 9.10. The van der Waals surface area contributed by atoms with Crippen LogP contribution < -0.4 is 5.32 Å². The van der Waals surface area contributed by atoms with Crippen molar-refractivity contribution < 1.29 is 9.18 Å². The molecule has 4 aromatic rings. The van der Waals surface area contributed by atoms with Crippen molar-refractivity contribution in [3.63, 3.8) is 0 Å². The number of fused-ring (bicyclic) bond motifs is 5.